The fourth-order valence-corrected chi connectivity index (χ4v) is 1.45. The zero-order valence-corrected chi connectivity index (χ0v) is 9.89. The van der Waals surface area contributed by atoms with Crippen molar-refractivity contribution < 1.29 is 4.79 Å². The van der Waals surface area contributed by atoms with Crippen molar-refractivity contribution in [1.29, 1.82) is 0 Å². The van der Waals surface area contributed by atoms with Crippen molar-refractivity contribution >= 4 is 12.4 Å². The van der Waals surface area contributed by atoms with Gasteiger partial charge in [-0.2, -0.15) is 0 Å². The smallest absolute Gasteiger partial charge is 0.143 e. The minimum absolute atomic E-state index is 0.421. The first-order chi connectivity index (χ1) is 7.77. The van der Waals surface area contributed by atoms with Gasteiger partial charge in [0.1, 0.15) is 6.29 Å². The van der Waals surface area contributed by atoms with Crippen LogP contribution < -0.4 is 0 Å². The molecule has 1 atom stereocenters. The predicted octanol–water partition coefficient (Wildman–Crippen LogP) is 3.87. The Kier molecular flexibility index (Phi) is 5.27. The molecule has 0 aliphatic carbocycles. The largest absolute Gasteiger partial charge is 0.299 e. The van der Waals surface area contributed by atoms with Crippen molar-refractivity contribution in [3.63, 3.8) is 0 Å². The molecule has 0 amide bonds. The van der Waals surface area contributed by atoms with Crippen LogP contribution in [0.2, 0.25) is 0 Å². The monoisotopic (exact) mass is 214 g/mol. The first kappa shape index (κ1) is 12.4. The summed E-state index contributed by atoms with van der Waals surface area (Å²) in [6, 6.07) is 10.1. The first-order valence-corrected chi connectivity index (χ1v) is 5.66. The van der Waals surface area contributed by atoms with Crippen LogP contribution in [0.4, 0.5) is 0 Å². The number of aldehydes is 1. The Bertz CT molecular complexity index is 374. The highest BCUT2D eigenvalue weighted by Gasteiger charge is 2.02. The Morgan fingerprint density at radius 1 is 1.31 bits per heavy atom. The highest BCUT2D eigenvalue weighted by atomic mass is 16.1. The number of benzene rings is 1. The van der Waals surface area contributed by atoms with Crippen molar-refractivity contribution in [3.8, 4) is 0 Å². The van der Waals surface area contributed by atoms with E-state index >= 15 is 0 Å². The molecule has 1 aromatic rings. The molecule has 1 heteroatoms. The highest BCUT2D eigenvalue weighted by molar-refractivity contribution is 5.68. The third-order valence-electron chi connectivity index (χ3n) is 2.71. The molecule has 1 unspecified atom stereocenters. The number of hydrogen-bond acceptors (Lipinski definition) is 1. The van der Waals surface area contributed by atoms with E-state index < -0.39 is 0 Å². The van der Waals surface area contributed by atoms with Gasteiger partial charge >= 0.3 is 0 Å². The number of rotatable bonds is 5. The van der Waals surface area contributed by atoms with Crippen molar-refractivity contribution in [2.24, 2.45) is 5.92 Å². The van der Waals surface area contributed by atoms with Gasteiger partial charge in [0.05, 0.1) is 0 Å². The summed E-state index contributed by atoms with van der Waals surface area (Å²) < 4.78 is 0. The van der Waals surface area contributed by atoms with Gasteiger partial charge in [0, 0.05) is 0 Å². The lowest BCUT2D eigenvalue weighted by Crippen LogP contribution is -1.95. The van der Waals surface area contributed by atoms with Gasteiger partial charge in [-0.3, -0.25) is 4.79 Å². The first-order valence-electron chi connectivity index (χ1n) is 5.66. The van der Waals surface area contributed by atoms with Gasteiger partial charge < -0.3 is 0 Å². The maximum Gasteiger partial charge on any atom is 0.143 e. The summed E-state index contributed by atoms with van der Waals surface area (Å²) in [5.41, 5.74) is 2.24. The lowest BCUT2D eigenvalue weighted by molar-refractivity contribution is -0.104. The van der Waals surface area contributed by atoms with Crippen LogP contribution in [0.15, 0.2) is 48.1 Å². The Morgan fingerprint density at radius 2 is 2.00 bits per heavy atom. The molecule has 16 heavy (non-hydrogen) atoms. The Hall–Kier alpha value is -1.63. The molecule has 0 N–H and O–H groups in total. The normalized spacial score (nSPS) is 14.0. The molecule has 1 aromatic carbocycles. The standard InChI is InChI=1S/C15H18O/c1-3-13(2)15(11-12-16)10-9-14-7-5-4-6-8-14/h4-13H,3H2,1-2H3/b10-9+,15-11+. The van der Waals surface area contributed by atoms with Crippen LogP contribution in [0.3, 0.4) is 0 Å². The van der Waals surface area contributed by atoms with Crippen LogP contribution in [0.5, 0.6) is 0 Å². The van der Waals surface area contributed by atoms with Gasteiger partial charge in [0.2, 0.25) is 0 Å². The minimum Gasteiger partial charge on any atom is -0.299 e. The van der Waals surface area contributed by atoms with E-state index in [9.17, 15) is 4.79 Å². The Morgan fingerprint density at radius 3 is 2.56 bits per heavy atom. The third kappa shape index (κ3) is 3.85. The maximum absolute atomic E-state index is 10.5. The molecular weight excluding hydrogens is 196 g/mol. The Balaban J connectivity index is 2.80. The molecule has 0 saturated carbocycles. The second-order valence-electron chi connectivity index (χ2n) is 3.86. The minimum atomic E-state index is 0.421. The van der Waals surface area contributed by atoms with E-state index in [1.807, 2.05) is 42.5 Å². The van der Waals surface area contributed by atoms with Crippen LogP contribution in [0.25, 0.3) is 6.08 Å². The summed E-state index contributed by atoms with van der Waals surface area (Å²) in [7, 11) is 0. The molecule has 0 heterocycles. The lowest BCUT2D eigenvalue weighted by atomic mass is 9.97. The van der Waals surface area contributed by atoms with Gasteiger partial charge in [0.25, 0.3) is 0 Å². The van der Waals surface area contributed by atoms with E-state index in [0.717, 1.165) is 23.8 Å². The molecule has 84 valence electrons. The second-order valence-corrected chi connectivity index (χ2v) is 3.86. The highest BCUT2D eigenvalue weighted by Crippen LogP contribution is 2.16. The number of carbonyl (C=O) groups is 1. The molecule has 0 spiro atoms. The molecule has 0 radical (unpaired) electrons. The van der Waals surface area contributed by atoms with Crippen LogP contribution in [-0.2, 0) is 4.79 Å². The van der Waals surface area contributed by atoms with Crippen molar-refractivity contribution in [2.45, 2.75) is 20.3 Å². The number of hydrogen-bond donors (Lipinski definition) is 0. The van der Waals surface area contributed by atoms with Crippen molar-refractivity contribution in [2.75, 3.05) is 0 Å². The van der Waals surface area contributed by atoms with Gasteiger partial charge in [-0.15, -0.1) is 0 Å². The molecule has 1 rings (SSSR count). The van der Waals surface area contributed by atoms with E-state index in [-0.39, 0.29) is 0 Å². The van der Waals surface area contributed by atoms with Crippen molar-refractivity contribution in [3.05, 3.63) is 53.6 Å². The summed E-state index contributed by atoms with van der Waals surface area (Å²) in [5.74, 6) is 0.421. The zero-order valence-electron chi connectivity index (χ0n) is 9.89. The van der Waals surface area contributed by atoms with E-state index in [2.05, 4.69) is 13.8 Å². The van der Waals surface area contributed by atoms with Gasteiger partial charge in [-0.1, -0.05) is 56.3 Å². The van der Waals surface area contributed by atoms with Crippen LogP contribution in [0.1, 0.15) is 25.8 Å². The molecule has 0 aromatic heterocycles. The molecule has 1 nitrogen and oxygen atoms in total. The fourth-order valence-electron chi connectivity index (χ4n) is 1.45. The topological polar surface area (TPSA) is 17.1 Å². The van der Waals surface area contributed by atoms with E-state index in [1.165, 1.54) is 0 Å². The van der Waals surface area contributed by atoms with Gasteiger partial charge in [0.15, 0.2) is 0 Å². The summed E-state index contributed by atoms with van der Waals surface area (Å²) in [4.78, 5) is 10.5. The van der Waals surface area contributed by atoms with Gasteiger partial charge in [-0.05, 0) is 29.6 Å². The van der Waals surface area contributed by atoms with Crippen molar-refractivity contribution in [1.82, 2.24) is 0 Å². The summed E-state index contributed by atoms with van der Waals surface area (Å²) in [5, 5.41) is 0. The maximum atomic E-state index is 10.5. The lowest BCUT2D eigenvalue weighted by Gasteiger charge is -2.08. The summed E-state index contributed by atoms with van der Waals surface area (Å²) in [6.45, 7) is 4.25. The average molecular weight is 214 g/mol. The van der Waals surface area contributed by atoms with E-state index in [1.54, 1.807) is 6.08 Å². The molecular formula is C15H18O. The quantitative estimate of drug-likeness (QED) is 0.413. The third-order valence-corrected chi connectivity index (χ3v) is 2.71. The van der Waals surface area contributed by atoms with E-state index in [4.69, 9.17) is 0 Å². The summed E-state index contributed by atoms with van der Waals surface area (Å²) >= 11 is 0. The molecule has 0 aliphatic rings. The SMILES string of the molecule is CCC(C)C(=C/C=O)/C=C/c1ccccc1. The van der Waals surface area contributed by atoms with Gasteiger partial charge in [-0.25, -0.2) is 0 Å². The second kappa shape index (κ2) is 6.78. The number of allylic oxidation sites excluding steroid dienone is 3. The predicted molar refractivity (Wildman–Crippen MR) is 69.1 cm³/mol. The molecule has 0 aliphatic heterocycles. The Labute approximate surface area is 97.5 Å². The zero-order chi connectivity index (χ0) is 11.8. The van der Waals surface area contributed by atoms with Crippen LogP contribution >= 0.6 is 0 Å². The van der Waals surface area contributed by atoms with E-state index in [0.29, 0.717) is 5.92 Å². The fraction of sp³-hybridized carbons (Fsp3) is 0.267. The van der Waals surface area contributed by atoms with Crippen LogP contribution in [-0.4, -0.2) is 6.29 Å². The molecule has 0 bridgehead atoms. The molecule has 0 saturated heterocycles. The van der Waals surface area contributed by atoms with Crippen LogP contribution in [0, 0.1) is 5.92 Å². The number of carbonyl (C=O) groups excluding carboxylic acids is 1. The average Bonchev–Trinajstić information content (AvgIpc) is 2.34. The summed E-state index contributed by atoms with van der Waals surface area (Å²) in [6.07, 6.45) is 7.61. The molecule has 0 fully saturated rings.